The van der Waals surface area contributed by atoms with Crippen LogP contribution < -0.4 is 5.73 Å². The van der Waals surface area contributed by atoms with Crippen molar-refractivity contribution in [2.45, 2.75) is 64.5 Å². The zero-order chi connectivity index (χ0) is 16.5. The number of nitrogens with two attached hydrogens (primary N) is 1. The fourth-order valence-corrected chi connectivity index (χ4v) is 3.81. The summed E-state index contributed by atoms with van der Waals surface area (Å²) in [5.41, 5.74) is 7.48. The number of carbonyl (C=O) groups is 1. The molecule has 0 saturated heterocycles. The van der Waals surface area contributed by atoms with Gasteiger partial charge in [0, 0.05) is 17.8 Å². The van der Waals surface area contributed by atoms with Gasteiger partial charge in [-0.2, -0.15) is 0 Å². The molecule has 0 aromatic carbocycles. The highest BCUT2D eigenvalue weighted by molar-refractivity contribution is 5.66. The minimum atomic E-state index is -0.840. The summed E-state index contributed by atoms with van der Waals surface area (Å²) in [6.07, 6.45) is 5.38. The molecule has 1 saturated carbocycles. The predicted molar refractivity (Wildman–Crippen MR) is 87.8 cm³/mol. The first-order valence-electron chi connectivity index (χ1n) is 7.91. The van der Waals surface area contributed by atoms with E-state index in [4.69, 9.17) is 5.73 Å². The van der Waals surface area contributed by atoms with E-state index < -0.39 is 11.6 Å². The van der Waals surface area contributed by atoms with Crippen LogP contribution in [0.4, 0.5) is 10.5 Å². The van der Waals surface area contributed by atoms with Crippen molar-refractivity contribution in [1.82, 2.24) is 9.88 Å². The van der Waals surface area contributed by atoms with E-state index in [2.05, 4.69) is 11.9 Å². The number of rotatable bonds is 2. The van der Waals surface area contributed by atoms with Crippen molar-refractivity contribution >= 4 is 11.8 Å². The van der Waals surface area contributed by atoms with E-state index in [1.807, 2.05) is 26.8 Å². The topological polar surface area (TPSA) is 79.5 Å². The Labute approximate surface area is 132 Å². The monoisotopic (exact) mass is 305 g/mol. The molecule has 1 aliphatic rings. The van der Waals surface area contributed by atoms with Crippen LogP contribution in [0.1, 0.15) is 58.4 Å². The second-order valence-electron chi connectivity index (χ2n) is 7.49. The highest BCUT2D eigenvalue weighted by atomic mass is 16.4. The van der Waals surface area contributed by atoms with Crippen LogP contribution in [0, 0.1) is 5.92 Å². The van der Waals surface area contributed by atoms with Gasteiger partial charge in [0.05, 0.1) is 11.9 Å². The molecule has 2 rings (SSSR count). The summed E-state index contributed by atoms with van der Waals surface area (Å²) in [6.45, 7) is 8.06. The molecule has 122 valence electrons. The number of carboxylic acid groups (broad SMARTS) is 1. The van der Waals surface area contributed by atoms with Crippen LogP contribution in [0.5, 0.6) is 0 Å². The summed E-state index contributed by atoms with van der Waals surface area (Å²) in [4.78, 5) is 17.4. The quantitative estimate of drug-likeness (QED) is 0.873. The standard InChI is InChI=1S/C17H27N3O2/c1-11-7-12(14-5-6-19-10-15(14)18)9-13(8-11)20(16(21)22)17(2,3)4/h5-6,10-13H,7-9,18H2,1-4H3,(H,21,22)/t11-,12+,13+/m1/s1. The Hall–Kier alpha value is -1.78. The van der Waals surface area contributed by atoms with E-state index >= 15 is 0 Å². The first-order chi connectivity index (χ1) is 10.2. The highest BCUT2D eigenvalue weighted by Gasteiger charge is 2.38. The molecule has 1 aliphatic carbocycles. The van der Waals surface area contributed by atoms with Crippen LogP contribution in [-0.4, -0.2) is 32.7 Å². The minimum Gasteiger partial charge on any atom is -0.465 e. The Morgan fingerprint density at radius 2 is 2.05 bits per heavy atom. The van der Waals surface area contributed by atoms with Crippen molar-refractivity contribution in [2.24, 2.45) is 5.92 Å². The summed E-state index contributed by atoms with van der Waals surface area (Å²) in [7, 11) is 0. The number of amides is 1. The third-order valence-electron chi connectivity index (χ3n) is 4.54. The molecule has 22 heavy (non-hydrogen) atoms. The van der Waals surface area contributed by atoms with Gasteiger partial charge in [-0.3, -0.25) is 4.98 Å². The van der Waals surface area contributed by atoms with Crippen molar-refractivity contribution in [2.75, 3.05) is 5.73 Å². The van der Waals surface area contributed by atoms with Gasteiger partial charge in [0.2, 0.25) is 0 Å². The average Bonchev–Trinajstić information content (AvgIpc) is 2.36. The van der Waals surface area contributed by atoms with Gasteiger partial charge in [0.1, 0.15) is 0 Å². The molecule has 5 heteroatoms. The van der Waals surface area contributed by atoms with Gasteiger partial charge in [-0.25, -0.2) is 4.79 Å². The smallest absolute Gasteiger partial charge is 0.407 e. The summed E-state index contributed by atoms with van der Waals surface area (Å²) in [5, 5.41) is 9.65. The number of hydrogen-bond acceptors (Lipinski definition) is 3. The van der Waals surface area contributed by atoms with Crippen LogP contribution in [0.3, 0.4) is 0 Å². The van der Waals surface area contributed by atoms with Gasteiger partial charge < -0.3 is 15.7 Å². The first kappa shape index (κ1) is 16.6. The van der Waals surface area contributed by atoms with Crippen LogP contribution in [0.2, 0.25) is 0 Å². The maximum Gasteiger partial charge on any atom is 0.407 e. The lowest BCUT2D eigenvalue weighted by Crippen LogP contribution is -2.53. The molecule has 1 fully saturated rings. The molecule has 1 aromatic heterocycles. The van der Waals surface area contributed by atoms with Gasteiger partial charge in [-0.05, 0) is 63.5 Å². The van der Waals surface area contributed by atoms with Gasteiger partial charge in [-0.1, -0.05) is 6.92 Å². The van der Waals surface area contributed by atoms with Gasteiger partial charge in [-0.15, -0.1) is 0 Å². The Morgan fingerprint density at radius 1 is 1.36 bits per heavy atom. The summed E-state index contributed by atoms with van der Waals surface area (Å²) in [6, 6.07) is 2.00. The maximum absolute atomic E-state index is 11.8. The molecule has 1 amide bonds. The SMILES string of the molecule is C[C@@H]1C[C@H](c2ccncc2N)C[C@@H](N(C(=O)O)C(C)(C)C)C1. The lowest BCUT2D eigenvalue weighted by atomic mass is 9.75. The van der Waals surface area contributed by atoms with Crippen molar-refractivity contribution < 1.29 is 9.90 Å². The number of aromatic nitrogens is 1. The summed E-state index contributed by atoms with van der Waals surface area (Å²) < 4.78 is 0. The second-order valence-corrected chi connectivity index (χ2v) is 7.49. The Bertz CT molecular complexity index is 539. The maximum atomic E-state index is 11.8. The zero-order valence-electron chi connectivity index (χ0n) is 13.9. The van der Waals surface area contributed by atoms with E-state index in [1.165, 1.54) is 0 Å². The Morgan fingerprint density at radius 3 is 2.59 bits per heavy atom. The Kier molecular flexibility index (Phi) is 4.63. The predicted octanol–water partition coefficient (Wildman–Crippen LogP) is 3.71. The molecule has 3 atom stereocenters. The molecule has 1 aromatic rings. The molecule has 0 unspecified atom stereocenters. The summed E-state index contributed by atoms with van der Waals surface area (Å²) >= 11 is 0. The van der Waals surface area contributed by atoms with Crippen LogP contribution in [0.25, 0.3) is 0 Å². The molecule has 0 radical (unpaired) electrons. The van der Waals surface area contributed by atoms with Crippen molar-refractivity contribution in [1.29, 1.82) is 0 Å². The normalized spacial score (nSPS) is 25.7. The number of nitrogens with zero attached hydrogens (tertiary/aromatic N) is 2. The van der Waals surface area contributed by atoms with E-state index in [-0.39, 0.29) is 6.04 Å². The van der Waals surface area contributed by atoms with Crippen molar-refractivity contribution in [3.05, 3.63) is 24.0 Å². The molecule has 0 spiro atoms. The molecular weight excluding hydrogens is 278 g/mol. The molecule has 5 nitrogen and oxygen atoms in total. The van der Waals surface area contributed by atoms with E-state index in [0.717, 1.165) is 24.8 Å². The van der Waals surface area contributed by atoms with Crippen molar-refractivity contribution in [3.8, 4) is 0 Å². The van der Waals surface area contributed by atoms with Crippen LogP contribution >= 0.6 is 0 Å². The van der Waals surface area contributed by atoms with Crippen molar-refractivity contribution in [3.63, 3.8) is 0 Å². The number of pyridine rings is 1. The van der Waals surface area contributed by atoms with E-state index in [0.29, 0.717) is 17.5 Å². The highest BCUT2D eigenvalue weighted by Crippen LogP contribution is 2.41. The van der Waals surface area contributed by atoms with Crippen LogP contribution in [-0.2, 0) is 0 Å². The van der Waals surface area contributed by atoms with E-state index in [9.17, 15) is 9.90 Å². The molecule has 3 N–H and O–H groups in total. The molecule has 0 bridgehead atoms. The minimum absolute atomic E-state index is 0.0267. The first-order valence-corrected chi connectivity index (χ1v) is 7.91. The lowest BCUT2D eigenvalue weighted by molar-refractivity contribution is 0.0449. The zero-order valence-corrected chi connectivity index (χ0v) is 13.9. The number of hydrogen-bond donors (Lipinski definition) is 2. The van der Waals surface area contributed by atoms with Gasteiger partial charge in [0.25, 0.3) is 0 Å². The Balaban J connectivity index is 2.28. The van der Waals surface area contributed by atoms with Crippen LogP contribution in [0.15, 0.2) is 18.5 Å². The third-order valence-corrected chi connectivity index (χ3v) is 4.54. The molecule has 0 aliphatic heterocycles. The lowest BCUT2D eigenvalue weighted by Gasteiger charge is -2.45. The van der Waals surface area contributed by atoms with Gasteiger partial charge >= 0.3 is 6.09 Å². The molecule has 1 heterocycles. The largest absolute Gasteiger partial charge is 0.465 e. The molecular formula is C17H27N3O2. The summed E-state index contributed by atoms with van der Waals surface area (Å²) in [5.74, 6) is 0.765. The fourth-order valence-electron chi connectivity index (χ4n) is 3.81. The number of nitrogen functional groups attached to an aromatic ring is 1. The second kappa shape index (κ2) is 6.15. The van der Waals surface area contributed by atoms with E-state index in [1.54, 1.807) is 17.3 Å². The average molecular weight is 305 g/mol. The van der Waals surface area contributed by atoms with Gasteiger partial charge in [0.15, 0.2) is 0 Å². The third kappa shape index (κ3) is 3.51. The fraction of sp³-hybridized carbons (Fsp3) is 0.647. The number of anilines is 1.